The van der Waals surface area contributed by atoms with Crippen LogP contribution < -0.4 is 4.74 Å². The first-order chi connectivity index (χ1) is 13.8. The molecule has 0 radical (unpaired) electrons. The van der Waals surface area contributed by atoms with Crippen LogP contribution in [0.5, 0.6) is 5.75 Å². The Kier molecular flexibility index (Phi) is 4.35. The zero-order valence-electron chi connectivity index (χ0n) is 15.8. The van der Waals surface area contributed by atoms with Crippen LogP contribution in [0.2, 0.25) is 0 Å². The Morgan fingerprint density at radius 2 is 2.11 bits per heavy atom. The standard InChI is InChI=1S/C23H23N3O2/c27-23(20-16-25-11-5-4-8-22(25)24-20)26-12-13-28-21-10-9-18(14-19(21)15-26)17-6-2-1-3-7-17/h4-6,8-11,14,16H,1-3,7,12-13,15H2. The highest BCUT2D eigenvalue weighted by atomic mass is 16.5. The van der Waals surface area contributed by atoms with Crippen LogP contribution in [0, 0.1) is 0 Å². The van der Waals surface area contributed by atoms with Crippen molar-refractivity contribution in [3.63, 3.8) is 0 Å². The van der Waals surface area contributed by atoms with E-state index in [4.69, 9.17) is 4.74 Å². The fourth-order valence-corrected chi connectivity index (χ4v) is 4.07. The summed E-state index contributed by atoms with van der Waals surface area (Å²) in [6.07, 6.45) is 10.9. The fourth-order valence-electron chi connectivity index (χ4n) is 4.07. The van der Waals surface area contributed by atoms with Crippen molar-refractivity contribution in [2.75, 3.05) is 13.2 Å². The smallest absolute Gasteiger partial charge is 0.274 e. The van der Waals surface area contributed by atoms with Crippen molar-refractivity contribution in [2.45, 2.75) is 32.2 Å². The molecule has 0 bridgehead atoms. The van der Waals surface area contributed by atoms with E-state index in [1.54, 1.807) is 6.20 Å². The molecule has 28 heavy (non-hydrogen) atoms. The number of carbonyl (C=O) groups is 1. The Morgan fingerprint density at radius 1 is 1.14 bits per heavy atom. The summed E-state index contributed by atoms with van der Waals surface area (Å²) in [7, 11) is 0. The Hall–Kier alpha value is -3.08. The molecule has 0 saturated heterocycles. The number of rotatable bonds is 2. The highest BCUT2D eigenvalue weighted by Crippen LogP contribution is 2.32. The second-order valence-corrected chi connectivity index (χ2v) is 7.47. The first kappa shape index (κ1) is 17.0. The molecule has 0 saturated carbocycles. The zero-order chi connectivity index (χ0) is 18.9. The number of benzene rings is 1. The minimum absolute atomic E-state index is 0.0533. The molecular formula is C23H23N3O2. The topological polar surface area (TPSA) is 46.8 Å². The van der Waals surface area contributed by atoms with Crippen LogP contribution in [-0.2, 0) is 6.54 Å². The molecule has 0 N–H and O–H groups in total. The molecule has 3 heterocycles. The fraction of sp³-hybridized carbons (Fsp3) is 0.304. The van der Waals surface area contributed by atoms with E-state index in [1.165, 1.54) is 24.0 Å². The van der Waals surface area contributed by atoms with Crippen molar-refractivity contribution in [3.05, 3.63) is 71.7 Å². The predicted molar refractivity (Wildman–Crippen MR) is 108 cm³/mol. The molecule has 1 aliphatic carbocycles. The van der Waals surface area contributed by atoms with Crippen molar-refractivity contribution in [3.8, 4) is 5.75 Å². The van der Waals surface area contributed by atoms with Gasteiger partial charge in [-0.15, -0.1) is 0 Å². The summed E-state index contributed by atoms with van der Waals surface area (Å²) in [6, 6.07) is 12.2. The van der Waals surface area contributed by atoms with E-state index in [9.17, 15) is 4.79 Å². The van der Waals surface area contributed by atoms with Gasteiger partial charge in [0.05, 0.1) is 6.54 Å². The van der Waals surface area contributed by atoms with Gasteiger partial charge in [-0.1, -0.05) is 18.2 Å². The van der Waals surface area contributed by atoms with Gasteiger partial charge in [0, 0.05) is 24.5 Å². The monoisotopic (exact) mass is 373 g/mol. The molecule has 3 aromatic rings. The summed E-state index contributed by atoms with van der Waals surface area (Å²) in [5, 5.41) is 0. The summed E-state index contributed by atoms with van der Waals surface area (Å²) in [6.45, 7) is 1.59. The minimum Gasteiger partial charge on any atom is -0.491 e. The number of imidazole rings is 1. The Labute approximate surface area is 164 Å². The van der Waals surface area contributed by atoms with Crippen LogP contribution in [0.1, 0.15) is 47.3 Å². The molecule has 5 rings (SSSR count). The number of carbonyl (C=O) groups excluding carboxylic acids is 1. The lowest BCUT2D eigenvalue weighted by Crippen LogP contribution is -2.32. The number of ether oxygens (including phenoxy) is 1. The van der Waals surface area contributed by atoms with E-state index in [-0.39, 0.29) is 5.91 Å². The summed E-state index contributed by atoms with van der Waals surface area (Å²) >= 11 is 0. The molecule has 1 aromatic carbocycles. The van der Waals surface area contributed by atoms with Crippen molar-refractivity contribution in [1.29, 1.82) is 0 Å². The lowest BCUT2D eigenvalue weighted by Gasteiger charge is -2.19. The summed E-state index contributed by atoms with van der Waals surface area (Å²) in [5.41, 5.74) is 4.99. The molecule has 5 heteroatoms. The number of nitrogens with zero attached hydrogens (tertiary/aromatic N) is 3. The van der Waals surface area contributed by atoms with Gasteiger partial charge in [-0.3, -0.25) is 4.79 Å². The van der Waals surface area contributed by atoms with Crippen LogP contribution >= 0.6 is 0 Å². The SMILES string of the molecule is O=C(c1cn2ccccc2n1)N1CCOc2ccc(C3=CCCCC3)cc2C1. The van der Waals surface area contributed by atoms with E-state index in [1.807, 2.05) is 33.7 Å². The van der Waals surface area contributed by atoms with Gasteiger partial charge in [-0.05, 0) is 61.1 Å². The molecular weight excluding hydrogens is 350 g/mol. The molecule has 0 spiro atoms. The molecule has 0 unspecified atom stereocenters. The average molecular weight is 373 g/mol. The Balaban J connectivity index is 1.43. The summed E-state index contributed by atoms with van der Waals surface area (Å²) < 4.78 is 7.81. The van der Waals surface area contributed by atoms with Gasteiger partial charge in [-0.2, -0.15) is 0 Å². The average Bonchev–Trinajstić information content (AvgIpc) is 3.06. The van der Waals surface area contributed by atoms with E-state index in [2.05, 4.69) is 29.3 Å². The van der Waals surface area contributed by atoms with Gasteiger partial charge in [0.15, 0.2) is 0 Å². The zero-order valence-corrected chi connectivity index (χ0v) is 15.8. The molecule has 0 atom stereocenters. The van der Waals surface area contributed by atoms with E-state index < -0.39 is 0 Å². The first-order valence-electron chi connectivity index (χ1n) is 9.96. The quantitative estimate of drug-likeness (QED) is 0.672. The van der Waals surface area contributed by atoms with Crippen LogP contribution in [0.15, 0.2) is 54.9 Å². The molecule has 2 aliphatic rings. The Morgan fingerprint density at radius 3 is 2.96 bits per heavy atom. The summed E-state index contributed by atoms with van der Waals surface area (Å²) in [5.74, 6) is 0.827. The van der Waals surface area contributed by atoms with Crippen molar-refractivity contribution in [2.24, 2.45) is 0 Å². The molecule has 1 aliphatic heterocycles. The number of allylic oxidation sites excluding steroid dienone is 2. The van der Waals surface area contributed by atoms with Gasteiger partial charge in [0.1, 0.15) is 23.7 Å². The normalized spacial score (nSPS) is 16.9. The maximum absolute atomic E-state index is 13.1. The van der Waals surface area contributed by atoms with Crippen LogP contribution in [0.25, 0.3) is 11.2 Å². The van der Waals surface area contributed by atoms with E-state index >= 15 is 0 Å². The second kappa shape index (κ2) is 7.15. The maximum atomic E-state index is 13.1. The lowest BCUT2D eigenvalue weighted by molar-refractivity contribution is 0.0728. The van der Waals surface area contributed by atoms with Gasteiger partial charge < -0.3 is 14.0 Å². The summed E-state index contributed by atoms with van der Waals surface area (Å²) in [4.78, 5) is 19.4. The molecule has 1 amide bonds. The molecule has 0 fully saturated rings. The third-order valence-corrected chi connectivity index (χ3v) is 5.57. The highest BCUT2D eigenvalue weighted by molar-refractivity contribution is 5.93. The third-order valence-electron chi connectivity index (χ3n) is 5.57. The Bertz CT molecular complexity index is 1030. The predicted octanol–water partition coefficient (Wildman–Crippen LogP) is 4.33. The van der Waals surface area contributed by atoms with Crippen LogP contribution in [0.4, 0.5) is 0 Å². The minimum atomic E-state index is -0.0533. The second-order valence-electron chi connectivity index (χ2n) is 7.47. The third kappa shape index (κ3) is 3.17. The van der Waals surface area contributed by atoms with Gasteiger partial charge in [-0.25, -0.2) is 4.98 Å². The first-order valence-corrected chi connectivity index (χ1v) is 9.96. The van der Waals surface area contributed by atoms with Crippen molar-refractivity contribution >= 4 is 17.1 Å². The van der Waals surface area contributed by atoms with Crippen LogP contribution in [-0.4, -0.2) is 33.3 Å². The molecule has 2 aromatic heterocycles. The van der Waals surface area contributed by atoms with Gasteiger partial charge in [0.25, 0.3) is 5.91 Å². The largest absolute Gasteiger partial charge is 0.491 e. The van der Waals surface area contributed by atoms with Crippen molar-refractivity contribution < 1.29 is 9.53 Å². The molecule has 142 valence electrons. The molecule has 5 nitrogen and oxygen atoms in total. The number of hydrogen-bond donors (Lipinski definition) is 0. The number of aromatic nitrogens is 2. The highest BCUT2D eigenvalue weighted by Gasteiger charge is 2.23. The van der Waals surface area contributed by atoms with Crippen LogP contribution in [0.3, 0.4) is 0 Å². The lowest BCUT2D eigenvalue weighted by atomic mass is 9.92. The number of hydrogen-bond acceptors (Lipinski definition) is 3. The maximum Gasteiger partial charge on any atom is 0.274 e. The van der Waals surface area contributed by atoms with E-state index in [0.717, 1.165) is 29.8 Å². The van der Waals surface area contributed by atoms with Gasteiger partial charge >= 0.3 is 0 Å². The van der Waals surface area contributed by atoms with E-state index in [0.29, 0.717) is 25.4 Å². The van der Waals surface area contributed by atoms with Crippen molar-refractivity contribution in [1.82, 2.24) is 14.3 Å². The number of pyridine rings is 1. The number of fused-ring (bicyclic) bond motifs is 2. The number of amides is 1. The van der Waals surface area contributed by atoms with Gasteiger partial charge in [0.2, 0.25) is 0 Å².